The molecule has 3 aliphatic rings. The number of nitrogens with one attached hydrogen (secondary N) is 1. The van der Waals surface area contributed by atoms with Gasteiger partial charge in [0.2, 0.25) is 0 Å². The van der Waals surface area contributed by atoms with Crippen molar-refractivity contribution in [3.63, 3.8) is 0 Å². The highest BCUT2D eigenvalue weighted by molar-refractivity contribution is 4.93. The molecule has 1 aliphatic heterocycles. The Labute approximate surface area is 99.1 Å². The first-order valence-corrected chi connectivity index (χ1v) is 7.16. The third kappa shape index (κ3) is 2.14. The monoisotopic (exact) mass is 223 g/mol. The second-order valence-corrected chi connectivity index (χ2v) is 6.23. The molecule has 0 aromatic rings. The molecule has 0 radical (unpaired) electrons. The van der Waals surface area contributed by atoms with Gasteiger partial charge in [0.05, 0.1) is 6.61 Å². The fourth-order valence-electron chi connectivity index (χ4n) is 4.13. The van der Waals surface area contributed by atoms with Crippen molar-refractivity contribution in [2.75, 3.05) is 13.2 Å². The Morgan fingerprint density at radius 3 is 2.50 bits per heavy atom. The molecule has 1 heterocycles. The molecular weight excluding hydrogens is 198 g/mol. The third-order valence-corrected chi connectivity index (χ3v) is 5.08. The van der Waals surface area contributed by atoms with Gasteiger partial charge in [-0.3, -0.25) is 0 Å². The van der Waals surface area contributed by atoms with Crippen LogP contribution >= 0.6 is 0 Å². The van der Waals surface area contributed by atoms with E-state index in [0.717, 1.165) is 37.1 Å². The normalized spacial score (nSPS) is 48.2. The first-order valence-electron chi connectivity index (χ1n) is 7.16. The molecule has 3 fully saturated rings. The number of hydrogen-bond acceptors (Lipinski definition) is 2. The van der Waals surface area contributed by atoms with Crippen LogP contribution in [0.25, 0.3) is 0 Å². The molecule has 92 valence electrons. The van der Waals surface area contributed by atoms with Crippen molar-refractivity contribution in [3.05, 3.63) is 0 Å². The molecule has 2 saturated carbocycles. The maximum atomic E-state index is 5.51. The van der Waals surface area contributed by atoms with Gasteiger partial charge in [0.15, 0.2) is 0 Å². The van der Waals surface area contributed by atoms with Crippen LogP contribution in [0.4, 0.5) is 0 Å². The van der Waals surface area contributed by atoms with E-state index in [1.807, 2.05) is 0 Å². The van der Waals surface area contributed by atoms with Crippen molar-refractivity contribution >= 4 is 0 Å². The molecule has 0 amide bonds. The molecule has 0 aromatic heterocycles. The fourth-order valence-corrected chi connectivity index (χ4v) is 4.13. The van der Waals surface area contributed by atoms with Crippen molar-refractivity contribution < 1.29 is 4.74 Å². The lowest BCUT2D eigenvalue weighted by atomic mass is 9.96. The minimum Gasteiger partial charge on any atom is -0.381 e. The molecule has 2 nitrogen and oxygen atoms in total. The smallest absolute Gasteiger partial charge is 0.0506 e. The minimum absolute atomic E-state index is 0.703. The van der Waals surface area contributed by atoms with E-state index < -0.39 is 0 Å². The highest BCUT2D eigenvalue weighted by Gasteiger charge is 2.38. The predicted octanol–water partition coefficient (Wildman–Crippen LogP) is 2.58. The summed E-state index contributed by atoms with van der Waals surface area (Å²) in [6.45, 7) is 4.24. The van der Waals surface area contributed by atoms with Crippen molar-refractivity contribution in [2.24, 2.45) is 17.8 Å². The quantitative estimate of drug-likeness (QED) is 0.777. The molecule has 0 aromatic carbocycles. The van der Waals surface area contributed by atoms with Gasteiger partial charge in [-0.1, -0.05) is 26.2 Å². The molecule has 0 bridgehead atoms. The van der Waals surface area contributed by atoms with Crippen LogP contribution in [0.3, 0.4) is 0 Å². The maximum Gasteiger partial charge on any atom is 0.0506 e. The van der Waals surface area contributed by atoms with Gasteiger partial charge in [-0.2, -0.15) is 0 Å². The Kier molecular flexibility index (Phi) is 3.21. The van der Waals surface area contributed by atoms with Crippen LogP contribution in [0.5, 0.6) is 0 Å². The number of rotatable bonds is 2. The van der Waals surface area contributed by atoms with Gasteiger partial charge in [0, 0.05) is 18.7 Å². The summed E-state index contributed by atoms with van der Waals surface area (Å²) in [6.07, 6.45) is 8.63. The number of hydrogen-bond donors (Lipinski definition) is 1. The summed E-state index contributed by atoms with van der Waals surface area (Å²) in [7, 11) is 0. The second-order valence-electron chi connectivity index (χ2n) is 6.23. The van der Waals surface area contributed by atoms with E-state index in [9.17, 15) is 0 Å². The van der Waals surface area contributed by atoms with Crippen LogP contribution in [-0.2, 0) is 4.74 Å². The van der Waals surface area contributed by atoms with Gasteiger partial charge < -0.3 is 10.1 Å². The molecular formula is C14H25NO. The summed E-state index contributed by atoms with van der Waals surface area (Å²) in [4.78, 5) is 0. The third-order valence-electron chi connectivity index (χ3n) is 5.08. The van der Waals surface area contributed by atoms with E-state index in [-0.39, 0.29) is 0 Å². The van der Waals surface area contributed by atoms with Crippen LogP contribution in [-0.4, -0.2) is 25.3 Å². The molecule has 2 aliphatic carbocycles. The zero-order valence-corrected chi connectivity index (χ0v) is 10.5. The van der Waals surface area contributed by atoms with Gasteiger partial charge in [-0.15, -0.1) is 0 Å². The van der Waals surface area contributed by atoms with E-state index in [4.69, 9.17) is 4.74 Å². The standard InChI is InChI=1S/C14H25NO/c1-10-9-16-6-5-14(10)15-13-7-11-3-2-4-12(11)8-13/h10-15H,2-9H2,1H3/t10-,11+,12?,13?,14-/m0/s1. The lowest BCUT2D eigenvalue weighted by molar-refractivity contribution is 0.0357. The Morgan fingerprint density at radius 2 is 1.81 bits per heavy atom. The summed E-state index contributed by atoms with van der Waals surface area (Å²) < 4.78 is 5.51. The summed E-state index contributed by atoms with van der Waals surface area (Å²) in [5, 5.41) is 3.92. The zero-order valence-electron chi connectivity index (χ0n) is 10.5. The topological polar surface area (TPSA) is 21.3 Å². The van der Waals surface area contributed by atoms with Crippen LogP contribution in [0, 0.1) is 17.8 Å². The van der Waals surface area contributed by atoms with Gasteiger partial charge in [-0.25, -0.2) is 0 Å². The fraction of sp³-hybridized carbons (Fsp3) is 1.00. The van der Waals surface area contributed by atoms with E-state index in [1.54, 1.807) is 0 Å². The Balaban J connectivity index is 1.51. The Bertz CT molecular complexity index is 231. The van der Waals surface area contributed by atoms with Gasteiger partial charge in [0.1, 0.15) is 0 Å². The molecule has 2 unspecified atom stereocenters. The van der Waals surface area contributed by atoms with Gasteiger partial charge in [0.25, 0.3) is 0 Å². The van der Waals surface area contributed by atoms with E-state index in [2.05, 4.69) is 12.2 Å². The first kappa shape index (κ1) is 11.0. The molecule has 2 heteroatoms. The highest BCUT2D eigenvalue weighted by Crippen LogP contribution is 2.44. The second kappa shape index (κ2) is 4.66. The van der Waals surface area contributed by atoms with Crippen LogP contribution < -0.4 is 5.32 Å². The summed E-state index contributed by atoms with van der Waals surface area (Å²) >= 11 is 0. The average Bonchev–Trinajstić information content (AvgIpc) is 2.81. The summed E-state index contributed by atoms with van der Waals surface area (Å²) in [5.74, 6) is 2.83. The van der Waals surface area contributed by atoms with Crippen molar-refractivity contribution in [2.45, 2.75) is 57.5 Å². The first-order chi connectivity index (χ1) is 7.83. The summed E-state index contributed by atoms with van der Waals surface area (Å²) in [6, 6.07) is 1.54. The highest BCUT2D eigenvalue weighted by atomic mass is 16.5. The van der Waals surface area contributed by atoms with Gasteiger partial charge >= 0.3 is 0 Å². The molecule has 0 spiro atoms. The van der Waals surface area contributed by atoms with Crippen molar-refractivity contribution in [1.29, 1.82) is 0 Å². The predicted molar refractivity (Wildman–Crippen MR) is 65.4 cm³/mol. The summed E-state index contributed by atoms with van der Waals surface area (Å²) in [5.41, 5.74) is 0. The van der Waals surface area contributed by atoms with E-state index in [0.29, 0.717) is 5.92 Å². The maximum absolute atomic E-state index is 5.51. The molecule has 1 saturated heterocycles. The number of fused-ring (bicyclic) bond motifs is 1. The van der Waals surface area contributed by atoms with Gasteiger partial charge in [-0.05, 0) is 37.0 Å². The molecule has 5 atom stereocenters. The van der Waals surface area contributed by atoms with Crippen molar-refractivity contribution in [3.8, 4) is 0 Å². The molecule has 3 rings (SSSR count). The van der Waals surface area contributed by atoms with Crippen LogP contribution in [0.15, 0.2) is 0 Å². The SMILES string of the molecule is C[C@H]1COCC[C@@H]1NC1CC2CCC[C@@H]2C1. The van der Waals surface area contributed by atoms with E-state index >= 15 is 0 Å². The lowest BCUT2D eigenvalue weighted by Crippen LogP contribution is -2.45. The van der Waals surface area contributed by atoms with Crippen molar-refractivity contribution in [1.82, 2.24) is 5.32 Å². The lowest BCUT2D eigenvalue weighted by Gasteiger charge is -2.32. The zero-order chi connectivity index (χ0) is 11.0. The average molecular weight is 223 g/mol. The van der Waals surface area contributed by atoms with Crippen LogP contribution in [0.1, 0.15) is 45.4 Å². The Morgan fingerprint density at radius 1 is 1.06 bits per heavy atom. The largest absolute Gasteiger partial charge is 0.381 e. The molecule has 1 N–H and O–H groups in total. The Hall–Kier alpha value is -0.0800. The van der Waals surface area contributed by atoms with E-state index in [1.165, 1.54) is 38.5 Å². The minimum atomic E-state index is 0.703. The molecule has 16 heavy (non-hydrogen) atoms. The number of ether oxygens (including phenoxy) is 1. The van der Waals surface area contributed by atoms with Crippen LogP contribution in [0.2, 0.25) is 0 Å².